The van der Waals surface area contributed by atoms with E-state index in [4.69, 9.17) is 19.0 Å². The van der Waals surface area contributed by atoms with E-state index < -0.39 is 24.5 Å². The standard InChI is InChI=1S/C23H28N2O5/c1-16-20(25-27-3)22(28-14-18-10-6-4-7-11-18)21(24-17(2)26)23(30-16)29-15-19-12-8-5-9-13-19/h4-13,16,21-23H,14-15H2,1-3H3,(H,24,26)/b25-20+/t16-,21+,22-,23-/m0/s1. The van der Waals surface area contributed by atoms with Gasteiger partial charge in [0, 0.05) is 6.92 Å². The average Bonchev–Trinajstić information content (AvgIpc) is 2.75. The summed E-state index contributed by atoms with van der Waals surface area (Å²) in [5.74, 6) is -0.212. The van der Waals surface area contributed by atoms with Crippen LogP contribution in [0.3, 0.4) is 0 Å². The molecule has 2 aromatic carbocycles. The second kappa shape index (κ2) is 10.9. The summed E-state index contributed by atoms with van der Waals surface area (Å²) in [6.45, 7) is 4.01. The van der Waals surface area contributed by atoms with Crippen molar-refractivity contribution in [2.75, 3.05) is 7.11 Å². The number of hydrogen-bond donors (Lipinski definition) is 1. The molecule has 0 unspecified atom stereocenters. The van der Waals surface area contributed by atoms with Gasteiger partial charge in [-0.3, -0.25) is 4.79 Å². The van der Waals surface area contributed by atoms with Gasteiger partial charge in [-0.25, -0.2) is 0 Å². The average molecular weight is 412 g/mol. The Hall–Kier alpha value is -2.74. The fourth-order valence-electron chi connectivity index (χ4n) is 3.37. The summed E-state index contributed by atoms with van der Waals surface area (Å²) >= 11 is 0. The Morgan fingerprint density at radius 3 is 2.10 bits per heavy atom. The fraction of sp³-hybridized carbons (Fsp3) is 0.391. The van der Waals surface area contributed by atoms with Crippen molar-refractivity contribution in [1.82, 2.24) is 5.32 Å². The first-order valence-corrected chi connectivity index (χ1v) is 9.93. The molecule has 0 bridgehead atoms. The number of carbonyl (C=O) groups is 1. The topological polar surface area (TPSA) is 78.4 Å². The molecule has 0 aromatic heterocycles. The van der Waals surface area contributed by atoms with Crippen molar-refractivity contribution in [2.45, 2.75) is 51.6 Å². The van der Waals surface area contributed by atoms with E-state index in [-0.39, 0.29) is 5.91 Å². The van der Waals surface area contributed by atoms with Gasteiger partial charge in [0.2, 0.25) is 5.91 Å². The van der Waals surface area contributed by atoms with Crippen LogP contribution in [0.4, 0.5) is 0 Å². The molecule has 3 rings (SSSR count). The zero-order chi connectivity index (χ0) is 21.3. The van der Waals surface area contributed by atoms with Crippen molar-refractivity contribution >= 4 is 11.6 Å². The first-order chi connectivity index (χ1) is 14.6. The molecule has 0 aliphatic carbocycles. The molecule has 0 spiro atoms. The van der Waals surface area contributed by atoms with Gasteiger partial charge in [0.05, 0.1) is 13.2 Å². The van der Waals surface area contributed by atoms with Crippen LogP contribution in [-0.4, -0.2) is 43.3 Å². The molecular formula is C23H28N2O5. The highest BCUT2D eigenvalue weighted by Crippen LogP contribution is 2.24. The van der Waals surface area contributed by atoms with Crippen molar-refractivity contribution in [3.8, 4) is 0 Å². The third-order valence-corrected chi connectivity index (χ3v) is 4.76. The molecule has 4 atom stereocenters. The minimum Gasteiger partial charge on any atom is -0.399 e. The summed E-state index contributed by atoms with van der Waals surface area (Å²) in [6.07, 6.45) is -1.68. The SMILES string of the molecule is CO/N=C1\[C@H](C)O[C@H](OCc2ccccc2)[C@H](NC(C)=O)[C@H]1OCc1ccccc1. The first-order valence-electron chi connectivity index (χ1n) is 9.93. The van der Waals surface area contributed by atoms with Crippen molar-refractivity contribution in [2.24, 2.45) is 5.16 Å². The highest BCUT2D eigenvalue weighted by atomic mass is 16.7. The number of hydrogen-bond acceptors (Lipinski definition) is 6. The number of ether oxygens (including phenoxy) is 3. The zero-order valence-corrected chi connectivity index (χ0v) is 17.5. The quantitative estimate of drug-likeness (QED) is 0.675. The van der Waals surface area contributed by atoms with Crippen LogP contribution in [0.5, 0.6) is 0 Å². The lowest BCUT2D eigenvalue weighted by molar-refractivity contribution is -0.205. The van der Waals surface area contributed by atoms with Gasteiger partial charge < -0.3 is 24.4 Å². The van der Waals surface area contributed by atoms with E-state index in [2.05, 4.69) is 10.5 Å². The van der Waals surface area contributed by atoms with Crippen LogP contribution >= 0.6 is 0 Å². The maximum atomic E-state index is 11.9. The van der Waals surface area contributed by atoms with E-state index in [0.717, 1.165) is 11.1 Å². The number of nitrogens with one attached hydrogen (secondary N) is 1. The summed E-state index contributed by atoms with van der Waals surface area (Å²) < 4.78 is 18.3. The van der Waals surface area contributed by atoms with Gasteiger partial charge in [-0.15, -0.1) is 0 Å². The molecular weight excluding hydrogens is 384 g/mol. The van der Waals surface area contributed by atoms with Gasteiger partial charge in [0.15, 0.2) is 6.29 Å². The normalized spacial score (nSPS) is 25.1. The molecule has 160 valence electrons. The summed E-state index contributed by atoms with van der Waals surface area (Å²) in [5, 5.41) is 7.04. The lowest BCUT2D eigenvalue weighted by Crippen LogP contribution is -2.62. The molecule has 7 heteroatoms. The zero-order valence-electron chi connectivity index (χ0n) is 17.5. The van der Waals surface area contributed by atoms with Crippen LogP contribution in [0.25, 0.3) is 0 Å². The first kappa shape index (κ1) is 22.0. The van der Waals surface area contributed by atoms with Crippen molar-refractivity contribution in [3.05, 3.63) is 71.8 Å². The van der Waals surface area contributed by atoms with E-state index >= 15 is 0 Å². The van der Waals surface area contributed by atoms with Gasteiger partial charge in [0.25, 0.3) is 0 Å². The highest BCUT2D eigenvalue weighted by molar-refractivity contribution is 5.94. The molecule has 1 N–H and O–H groups in total. The van der Waals surface area contributed by atoms with E-state index in [1.165, 1.54) is 14.0 Å². The van der Waals surface area contributed by atoms with Crippen LogP contribution < -0.4 is 5.32 Å². The van der Waals surface area contributed by atoms with Crippen LogP contribution in [0.2, 0.25) is 0 Å². The van der Waals surface area contributed by atoms with E-state index in [1.807, 2.05) is 67.6 Å². The van der Waals surface area contributed by atoms with E-state index in [0.29, 0.717) is 18.9 Å². The molecule has 1 aliphatic heterocycles. The second-order valence-electron chi connectivity index (χ2n) is 7.09. The lowest BCUT2D eigenvalue weighted by atomic mass is 9.97. The summed E-state index contributed by atoms with van der Waals surface area (Å²) in [6, 6.07) is 19.0. The number of nitrogens with zero attached hydrogens (tertiary/aromatic N) is 1. The second-order valence-corrected chi connectivity index (χ2v) is 7.09. The van der Waals surface area contributed by atoms with Crippen LogP contribution in [0.1, 0.15) is 25.0 Å². The van der Waals surface area contributed by atoms with Gasteiger partial charge in [-0.05, 0) is 18.1 Å². The van der Waals surface area contributed by atoms with E-state index in [1.54, 1.807) is 0 Å². The molecule has 2 aromatic rings. The Labute approximate surface area is 177 Å². The smallest absolute Gasteiger partial charge is 0.217 e. The van der Waals surface area contributed by atoms with Gasteiger partial charge >= 0.3 is 0 Å². The van der Waals surface area contributed by atoms with Gasteiger partial charge in [0.1, 0.15) is 31.1 Å². The molecule has 1 amide bonds. The van der Waals surface area contributed by atoms with Gasteiger partial charge in [-0.2, -0.15) is 0 Å². The number of amides is 1. The Morgan fingerprint density at radius 2 is 1.57 bits per heavy atom. The molecule has 0 saturated carbocycles. The Morgan fingerprint density at radius 1 is 1.00 bits per heavy atom. The monoisotopic (exact) mass is 412 g/mol. The van der Waals surface area contributed by atoms with Gasteiger partial charge in [-0.1, -0.05) is 65.8 Å². The van der Waals surface area contributed by atoms with Crippen molar-refractivity contribution in [1.29, 1.82) is 0 Å². The summed E-state index contributed by atoms with van der Waals surface area (Å²) in [4.78, 5) is 17.0. The molecule has 0 radical (unpaired) electrons. The minimum absolute atomic E-state index is 0.212. The molecule has 7 nitrogen and oxygen atoms in total. The Kier molecular flexibility index (Phi) is 7.96. The fourth-order valence-corrected chi connectivity index (χ4v) is 3.37. The Balaban J connectivity index is 1.81. The summed E-state index contributed by atoms with van der Waals surface area (Å²) in [7, 11) is 1.47. The molecule has 1 saturated heterocycles. The highest BCUT2D eigenvalue weighted by Gasteiger charge is 2.44. The third kappa shape index (κ3) is 5.89. The van der Waals surface area contributed by atoms with Crippen LogP contribution in [-0.2, 0) is 37.1 Å². The third-order valence-electron chi connectivity index (χ3n) is 4.76. The Bertz CT molecular complexity index is 828. The number of oxime groups is 1. The lowest BCUT2D eigenvalue weighted by Gasteiger charge is -2.41. The van der Waals surface area contributed by atoms with Crippen molar-refractivity contribution in [3.63, 3.8) is 0 Å². The predicted octanol–water partition coefficient (Wildman–Crippen LogP) is 3.04. The largest absolute Gasteiger partial charge is 0.399 e. The summed E-state index contributed by atoms with van der Waals surface area (Å²) in [5.41, 5.74) is 2.58. The van der Waals surface area contributed by atoms with Crippen molar-refractivity contribution < 1.29 is 23.8 Å². The number of carbonyl (C=O) groups excluding carboxylic acids is 1. The number of rotatable bonds is 8. The van der Waals surface area contributed by atoms with E-state index in [9.17, 15) is 4.79 Å². The minimum atomic E-state index is -0.708. The van der Waals surface area contributed by atoms with Crippen LogP contribution in [0.15, 0.2) is 65.8 Å². The molecule has 1 aliphatic rings. The predicted molar refractivity (Wildman–Crippen MR) is 113 cm³/mol. The maximum absolute atomic E-state index is 11.9. The maximum Gasteiger partial charge on any atom is 0.217 e. The molecule has 30 heavy (non-hydrogen) atoms. The number of benzene rings is 2. The van der Waals surface area contributed by atoms with Crippen LogP contribution in [0, 0.1) is 0 Å². The molecule has 1 heterocycles. The molecule has 1 fully saturated rings.